The lowest BCUT2D eigenvalue weighted by molar-refractivity contribution is 0.228. The van der Waals surface area contributed by atoms with Crippen LogP contribution in [0.3, 0.4) is 0 Å². The van der Waals surface area contributed by atoms with E-state index in [0.29, 0.717) is 17.4 Å². The van der Waals surface area contributed by atoms with Crippen LogP contribution in [0.15, 0.2) is 42.5 Å². The average molecular weight is 329 g/mol. The van der Waals surface area contributed by atoms with E-state index >= 15 is 0 Å². The van der Waals surface area contributed by atoms with Gasteiger partial charge in [-0.15, -0.1) is 0 Å². The number of nitrogens with one attached hydrogen (secondary N) is 1. The first-order valence-electron chi connectivity index (χ1n) is 7.79. The van der Waals surface area contributed by atoms with Crippen molar-refractivity contribution in [3.05, 3.63) is 58.7 Å². The van der Waals surface area contributed by atoms with Crippen LogP contribution in [0.25, 0.3) is 0 Å². The third kappa shape index (κ3) is 4.44. The maximum Gasteiger partial charge on any atom is 0.161 e. The molecule has 1 heterocycles. The van der Waals surface area contributed by atoms with Crippen LogP contribution < -0.4 is 5.32 Å². The number of hydrogen-bond donors (Lipinski definition) is 1. The molecule has 1 atom stereocenters. The average Bonchev–Trinajstić information content (AvgIpc) is 2.60. The molecule has 4 nitrogen and oxygen atoms in total. The fourth-order valence-electron chi connectivity index (χ4n) is 2.62. The normalized spacial score (nSPS) is 12.0. The highest BCUT2D eigenvalue weighted by Gasteiger charge is 2.17. The van der Waals surface area contributed by atoms with Crippen LogP contribution in [0.2, 0.25) is 5.02 Å². The van der Waals surface area contributed by atoms with Gasteiger partial charge in [0.25, 0.3) is 0 Å². The molecule has 0 bridgehead atoms. The zero-order valence-electron chi connectivity index (χ0n) is 13.5. The number of rotatable bonds is 7. The first-order valence-corrected chi connectivity index (χ1v) is 8.16. The standard InChI is InChI=1S/C18H21ClN4/c1-3-23(4-2)17(14-8-6-5-7-9-14)13-21-18-11-10-15(19)16(12-20)22-18/h5-11,17H,3-4,13H2,1-2H3,(H,21,22). The summed E-state index contributed by atoms with van der Waals surface area (Å²) in [6.07, 6.45) is 0. The van der Waals surface area contributed by atoms with Gasteiger partial charge in [0.05, 0.1) is 11.1 Å². The zero-order chi connectivity index (χ0) is 16.7. The molecule has 2 aromatic rings. The molecule has 0 saturated heterocycles. The summed E-state index contributed by atoms with van der Waals surface area (Å²) in [7, 11) is 0. The molecule has 0 aliphatic rings. The fraction of sp³-hybridized carbons (Fsp3) is 0.333. The van der Waals surface area contributed by atoms with E-state index in [4.69, 9.17) is 16.9 Å². The number of anilines is 1. The molecule has 23 heavy (non-hydrogen) atoms. The molecule has 0 spiro atoms. The Morgan fingerprint density at radius 1 is 1.17 bits per heavy atom. The third-order valence-corrected chi connectivity index (χ3v) is 4.17. The van der Waals surface area contributed by atoms with Gasteiger partial charge in [-0.1, -0.05) is 55.8 Å². The molecule has 0 saturated carbocycles. The van der Waals surface area contributed by atoms with E-state index in [1.54, 1.807) is 12.1 Å². The largest absolute Gasteiger partial charge is 0.368 e. The van der Waals surface area contributed by atoms with Crippen molar-refractivity contribution in [2.24, 2.45) is 0 Å². The molecule has 0 radical (unpaired) electrons. The Morgan fingerprint density at radius 3 is 2.48 bits per heavy atom. The zero-order valence-corrected chi connectivity index (χ0v) is 14.2. The van der Waals surface area contributed by atoms with Gasteiger partial charge in [0.2, 0.25) is 0 Å². The minimum Gasteiger partial charge on any atom is -0.368 e. The second-order valence-corrected chi connectivity index (χ2v) is 5.57. The minimum absolute atomic E-state index is 0.245. The number of halogens is 1. The van der Waals surface area contributed by atoms with E-state index in [1.165, 1.54) is 5.56 Å². The SMILES string of the molecule is CCN(CC)C(CNc1ccc(Cl)c(C#N)n1)c1ccccc1. The number of nitriles is 1. The predicted octanol–water partition coefficient (Wildman–Crippen LogP) is 4.10. The Balaban J connectivity index is 2.17. The fourth-order valence-corrected chi connectivity index (χ4v) is 2.77. The second-order valence-electron chi connectivity index (χ2n) is 5.17. The molecular formula is C18H21ClN4. The molecular weight excluding hydrogens is 308 g/mol. The van der Waals surface area contributed by atoms with Gasteiger partial charge in [0.15, 0.2) is 5.69 Å². The van der Waals surface area contributed by atoms with Gasteiger partial charge in [0.1, 0.15) is 11.9 Å². The van der Waals surface area contributed by atoms with Crippen LogP contribution in [-0.2, 0) is 0 Å². The summed E-state index contributed by atoms with van der Waals surface area (Å²) in [5.41, 5.74) is 1.51. The highest BCUT2D eigenvalue weighted by molar-refractivity contribution is 6.31. The van der Waals surface area contributed by atoms with Crippen molar-refractivity contribution in [1.82, 2.24) is 9.88 Å². The maximum absolute atomic E-state index is 9.03. The smallest absolute Gasteiger partial charge is 0.161 e. The summed E-state index contributed by atoms with van der Waals surface area (Å²) in [4.78, 5) is 6.64. The van der Waals surface area contributed by atoms with Crippen LogP contribution in [-0.4, -0.2) is 29.5 Å². The molecule has 5 heteroatoms. The summed E-state index contributed by atoms with van der Waals surface area (Å²) >= 11 is 5.93. The first-order chi connectivity index (χ1) is 11.2. The predicted molar refractivity (Wildman–Crippen MR) is 94.6 cm³/mol. The van der Waals surface area contributed by atoms with Crippen molar-refractivity contribution in [3.8, 4) is 6.07 Å². The lowest BCUT2D eigenvalue weighted by Crippen LogP contribution is -2.33. The van der Waals surface area contributed by atoms with E-state index in [9.17, 15) is 0 Å². The van der Waals surface area contributed by atoms with Gasteiger partial charge in [-0.05, 0) is 30.8 Å². The topological polar surface area (TPSA) is 52.0 Å². The van der Waals surface area contributed by atoms with Gasteiger partial charge >= 0.3 is 0 Å². The molecule has 2 rings (SSSR count). The van der Waals surface area contributed by atoms with E-state index in [2.05, 4.69) is 53.3 Å². The van der Waals surface area contributed by atoms with Gasteiger partial charge in [0, 0.05) is 6.54 Å². The molecule has 1 N–H and O–H groups in total. The quantitative estimate of drug-likeness (QED) is 0.831. The molecule has 0 aliphatic heterocycles. The number of pyridine rings is 1. The Labute approximate surface area is 142 Å². The van der Waals surface area contributed by atoms with Gasteiger partial charge in [-0.2, -0.15) is 5.26 Å². The van der Waals surface area contributed by atoms with Crippen LogP contribution in [0.1, 0.15) is 31.1 Å². The monoisotopic (exact) mass is 328 g/mol. The van der Waals surface area contributed by atoms with E-state index < -0.39 is 0 Å². The van der Waals surface area contributed by atoms with Crippen LogP contribution >= 0.6 is 11.6 Å². The lowest BCUT2D eigenvalue weighted by atomic mass is 10.1. The Morgan fingerprint density at radius 2 is 1.87 bits per heavy atom. The number of nitrogens with zero attached hydrogens (tertiary/aromatic N) is 3. The number of likely N-dealkylation sites (N-methyl/N-ethyl adjacent to an activating group) is 1. The molecule has 1 aromatic carbocycles. The van der Waals surface area contributed by atoms with Crippen molar-refractivity contribution < 1.29 is 0 Å². The number of hydrogen-bond acceptors (Lipinski definition) is 4. The van der Waals surface area contributed by atoms with Crippen molar-refractivity contribution in [3.63, 3.8) is 0 Å². The van der Waals surface area contributed by atoms with Gasteiger partial charge in [-0.25, -0.2) is 4.98 Å². The molecule has 1 unspecified atom stereocenters. The van der Waals surface area contributed by atoms with Crippen molar-refractivity contribution in [2.75, 3.05) is 25.0 Å². The first kappa shape index (κ1) is 17.3. The second kappa shape index (κ2) is 8.52. The van der Waals surface area contributed by atoms with Crippen molar-refractivity contribution >= 4 is 17.4 Å². The highest BCUT2D eigenvalue weighted by atomic mass is 35.5. The minimum atomic E-state index is 0.245. The van der Waals surface area contributed by atoms with Crippen molar-refractivity contribution in [2.45, 2.75) is 19.9 Å². The number of benzene rings is 1. The van der Waals surface area contributed by atoms with E-state index in [0.717, 1.165) is 13.1 Å². The summed E-state index contributed by atoms with van der Waals surface area (Å²) in [6.45, 7) is 6.97. The van der Waals surface area contributed by atoms with Crippen LogP contribution in [0.4, 0.5) is 5.82 Å². The van der Waals surface area contributed by atoms with Crippen LogP contribution in [0, 0.1) is 11.3 Å². The number of aromatic nitrogens is 1. The lowest BCUT2D eigenvalue weighted by Gasteiger charge is -2.30. The van der Waals surface area contributed by atoms with Gasteiger partial charge < -0.3 is 5.32 Å². The Hall–Kier alpha value is -2.09. The summed E-state index contributed by atoms with van der Waals surface area (Å²) in [5, 5.41) is 12.7. The Bertz CT molecular complexity index is 662. The third-order valence-electron chi connectivity index (χ3n) is 3.87. The van der Waals surface area contributed by atoms with E-state index in [-0.39, 0.29) is 11.7 Å². The summed E-state index contributed by atoms with van der Waals surface area (Å²) < 4.78 is 0. The highest BCUT2D eigenvalue weighted by Crippen LogP contribution is 2.22. The Kier molecular flexibility index (Phi) is 6.40. The van der Waals surface area contributed by atoms with Crippen molar-refractivity contribution in [1.29, 1.82) is 5.26 Å². The molecule has 1 aromatic heterocycles. The maximum atomic E-state index is 9.03. The summed E-state index contributed by atoms with van der Waals surface area (Å²) in [5.74, 6) is 0.666. The summed E-state index contributed by atoms with van der Waals surface area (Å²) in [6, 6.07) is 16.2. The van der Waals surface area contributed by atoms with Gasteiger partial charge in [-0.3, -0.25) is 4.90 Å². The molecule has 120 valence electrons. The van der Waals surface area contributed by atoms with Crippen LogP contribution in [0.5, 0.6) is 0 Å². The molecule has 0 amide bonds. The molecule has 0 aliphatic carbocycles. The molecule has 0 fully saturated rings. The van der Waals surface area contributed by atoms with E-state index in [1.807, 2.05) is 12.1 Å².